The molecule has 0 aliphatic rings. The largest absolute Gasteiger partial charge is 0.457 e. The zero-order chi connectivity index (χ0) is 23.4. The number of amides is 1. The van der Waals surface area contributed by atoms with E-state index < -0.39 is 15.8 Å². The lowest BCUT2D eigenvalue weighted by Gasteiger charge is -2.10. The van der Waals surface area contributed by atoms with Gasteiger partial charge in [0.15, 0.2) is 0 Å². The first-order chi connectivity index (χ1) is 15.1. The monoisotopic (exact) mass is 439 g/mol. The highest BCUT2D eigenvalue weighted by Crippen LogP contribution is 2.30. The Labute approximate surface area is 182 Å². The van der Waals surface area contributed by atoms with Crippen molar-refractivity contribution in [3.05, 3.63) is 79.6 Å². The molecule has 0 aliphatic carbocycles. The summed E-state index contributed by atoms with van der Waals surface area (Å²) in [6.45, 7) is 5.13. The Morgan fingerprint density at radius 2 is 1.72 bits per heavy atom. The summed E-state index contributed by atoms with van der Waals surface area (Å²) in [5.74, 6) is 0.272. The van der Waals surface area contributed by atoms with E-state index in [0.717, 1.165) is 5.56 Å². The first kappa shape index (κ1) is 22.4. The number of hydrogen-bond donors (Lipinski definition) is 1. The highest BCUT2D eigenvalue weighted by atomic mass is 16.6. The number of benzene rings is 2. The number of anilines is 1. The van der Waals surface area contributed by atoms with Gasteiger partial charge in [0.25, 0.3) is 5.69 Å². The molecule has 0 fully saturated rings. The Balaban J connectivity index is 1.73. The van der Waals surface area contributed by atoms with Gasteiger partial charge < -0.3 is 10.1 Å². The second-order valence-electron chi connectivity index (χ2n) is 7.19. The van der Waals surface area contributed by atoms with E-state index >= 15 is 0 Å². The number of nitrogens with zero attached hydrogens (tertiary/aromatic N) is 4. The molecule has 166 valence electrons. The molecule has 32 heavy (non-hydrogen) atoms. The predicted octanol–water partition coefficient (Wildman–Crippen LogP) is 4.45. The lowest BCUT2D eigenvalue weighted by molar-refractivity contribution is -0.386. The van der Waals surface area contributed by atoms with Crippen LogP contribution >= 0.6 is 0 Å². The second kappa shape index (κ2) is 9.25. The van der Waals surface area contributed by atoms with Crippen molar-refractivity contribution in [3.8, 4) is 11.5 Å². The van der Waals surface area contributed by atoms with Gasteiger partial charge in [-0.3, -0.25) is 29.7 Å². The summed E-state index contributed by atoms with van der Waals surface area (Å²) in [5, 5.41) is 29.1. The summed E-state index contributed by atoms with van der Waals surface area (Å²) in [4.78, 5) is 33.7. The van der Waals surface area contributed by atoms with E-state index in [9.17, 15) is 25.0 Å². The van der Waals surface area contributed by atoms with Crippen LogP contribution in [0.4, 0.5) is 17.1 Å². The van der Waals surface area contributed by atoms with Crippen LogP contribution in [-0.4, -0.2) is 25.5 Å². The topological polar surface area (TPSA) is 142 Å². The van der Waals surface area contributed by atoms with Crippen LogP contribution in [0, 0.1) is 41.0 Å². The molecule has 3 aromatic rings. The summed E-state index contributed by atoms with van der Waals surface area (Å²) in [6, 6.07) is 11.1. The molecule has 3 rings (SSSR count). The Bertz CT molecular complexity index is 1190. The number of nitro benzene ring substituents is 1. The van der Waals surface area contributed by atoms with Crippen LogP contribution in [0.1, 0.15) is 23.4 Å². The summed E-state index contributed by atoms with van der Waals surface area (Å²) in [5.41, 5.74) is 1.54. The average Bonchev–Trinajstić information content (AvgIpc) is 3.01. The van der Waals surface area contributed by atoms with Gasteiger partial charge in [-0.2, -0.15) is 5.10 Å². The standard InChI is InChI=1S/C21H21N5O6/c1-13-4-6-18(7-5-13)32-19-11-16(10-17(12-19)25(28)29)22-20(27)8-9-24-15(3)21(26(30)31)14(2)23-24/h4-7,10-12H,8-9H2,1-3H3,(H,22,27). The van der Waals surface area contributed by atoms with Crippen LogP contribution in [0.5, 0.6) is 11.5 Å². The van der Waals surface area contributed by atoms with Gasteiger partial charge in [-0.1, -0.05) is 17.7 Å². The van der Waals surface area contributed by atoms with Crippen LogP contribution in [-0.2, 0) is 11.3 Å². The van der Waals surface area contributed by atoms with Gasteiger partial charge in [-0.05, 0) is 32.9 Å². The quantitative estimate of drug-likeness (QED) is 0.403. The summed E-state index contributed by atoms with van der Waals surface area (Å²) < 4.78 is 7.09. The lowest BCUT2D eigenvalue weighted by Crippen LogP contribution is -2.16. The van der Waals surface area contributed by atoms with Crippen molar-refractivity contribution < 1.29 is 19.4 Å². The molecular weight excluding hydrogens is 418 g/mol. The van der Waals surface area contributed by atoms with Crippen molar-refractivity contribution in [2.75, 3.05) is 5.32 Å². The number of nitrogens with one attached hydrogen (secondary N) is 1. The van der Waals surface area contributed by atoms with Gasteiger partial charge >= 0.3 is 5.69 Å². The zero-order valence-electron chi connectivity index (χ0n) is 17.7. The van der Waals surface area contributed by atoms with Crippen molar-refractivity contribution in [1.82, 2.24) is 9.78 Å². The maximum absolute atomic E-state index is 12.4. The van der Waals surface area contributed by atoms with Gasteiger partial charge in [0, 0.05) is 18.6 Å². The molecule has 0 saturated heterocycles. The number of carbonyl (C=O) groups excluding carboxylic acids is 1. The summed E-state index contributed by atoms with van der Waals surface area (Å²) in [6.07, 6.45) is -0.0318. The fourth-order valence-electron chi connectivity index (χ4n) is 3.16. The lowest BCUT2D eigenvalue weighted by atomic mass is 10.2. The number of hydrogen-bond acceptors (Lipinski definition) is 7. The fraction of sp³-hybridized carbons (Fsp3) is 0.238. The number of non-ortho nitro benzene ring substituents is 1. The first-order valence-corrected chi connectivity index (χ1v) is 9.66. The molecule has 1 N–H and O–H groups in total. The van der Waals surface area contributed by atoms with Crippen LogP contribution in [0.2, 0.25) is 0 Å². The van der Waals surface area contributed by atoms with Crippen molar-refractivity contribution in [2.45, 2.75) is 33.7 Å². The SMILES string of the molecule is Cc1ccc(Oc2cc(NC(=O)CCn3nc(C)c([N+](=O)[O-])c3C)cc([N+](=O)[O-])c2)cc1. The number of rotatable bonds is 8. The molecule has 0 bridgehead atoms. The van der Waals surface area contributed by atoms with Gasteiger partial charge in [0.1, 0.15) is 22.9 Å². The maximum Gasteiger partial charge on any atom is 0.312 e. The minimum atomic E-state index is -0.577. The molecule has 2 aromatic carbocycles. The van der Waals surface area contributed by atoms with Crippen molar-refractivity contribution in [2.24, 2.45) is 0 Å². The van der Waals surface area contributed by atoms with Crippen molar-refractivity contribution in [1.29, 1.82) is 0 Å². The molecule has 0 saturated carbocycles. The number of aromatic nitrogens is 2. The van der Waals surface area contributed by atoms with Crippen LogP contribution < -0.4 is 10.1 Å². The van der Waals surface area contributed by atoms with E-state index in [4.69, 9.17) is 4.74 Å². The smallest absolute Gasteiger partial charge is 0.312 e. The molecule has 1 aromatic heterocycles. The third-order valence-electron chi connectivity index (χ3n) is 4.72. The predicted molar refractivity (Wildman–Crippen MR) is 116 cm³/mol. The molecule has 0 aliphatic heterocycles. The highest BCUT2D eigenvalue weighted by molar-refractivity contribution is 5.91. The first-order valence-electron chi connectivity index (χ1n) is 9.66. The Hall–Kier alpha value is -4.28. The van der Waals surface area contributed by atoms with Crippen LogP contribution in [0.3, 0.4) is 0 Å². The Morgan fingerprint density at radius 3 is 2.31 bits per heavy atom. The molecule has 0 atom stereocenters. The van der Waals surface area contributed by atoms with Crippen LogP contribution in [0.15, 0.2) is 42.5 Å². The number of carbonyl (C=O) groups is 1. The number of nitro groups is 2. The zero-order valence-corrected chi connectivity index (χ0v) is 17.7. The molecule has 11 heteroatoms. The van der Waals surface area contributed by atoms with E-state index in [-0.39, 0.29) is 41.5 Å². The van der Waals surface area contributed by atoms with E-state index in [1.165, 1.54) is 29.8 Å². The van der Waals surface area contributed by atoms with Gasteiger partial charge in [0.05, 0.1) is 28.1 Å². The normalized spacial score (nSPS) is 10.6. The second-order valence-corrected chi connectivity index (χ2v) is 7.19. The third kappa shape index (κ3) is 5.25. The van der Waals surface area contributed by atoms with E-state index in [1.807, 2.05) is 19.1 Å². The van der Waals surface area contributed by atoms with E-state index in [2.05, 4.69) is 10.4 Å². The average molecular weight is 439 g/mol. The summed E-state index contributed by atoms with van der Waals surface area (Å²) >= 11 is 0. The highest BCUT2D eigenvalue weighted by Gasteiger charge is 2.22. The molecule has 0 radical (unpaired) electrons. The number of aryl methyl sites for hydroxylation is 3. The third-order valence-corrected chi connectivity index (χ3v) is 4.72. The molecule has 1 heterocycles. The van der Waals surface area contributed by atoms with E-state index in [0.29, 0.717) is 11.4 Å². The molecule has 0 spiro atoms. The Morgan fingerprint density at radius 1 is 1.03 bits per heavy atom. The molecule has 0 unspecified atom stereocenters. The molecular formula is C21H21N5O6. The van der Waals surface area contributed by atoms with Gasteiger partial charge in [0.2, 0.25) is 5.91 Å². The van der Waals surface area contributed by atoms with Crippen LogP contribution in [0.25, 0.3) is 0 Å². The molecule has 1 amide bonds. The maximum atomic E-state index is 12.4. The van der Waals surface area contributed by atoms with E-state index in [1.54, 1.807) is 19.1 Å². The minimum absolute atomic E-state index is 0.0318. The van der Waals surface area contributed by atoms with Crippen molar-refractivity contribution in [3.63, 3.8) is 0 Å². The van der Waals surface area contributed by atoms with Crippen molar-refractivity contribution >= 4 is 23.0 Å². The Kier molecular flexibility index (Phi) is 6.47. The fourth-order valence-corrected chi connectivity index (χ4v) is 3.16. The van der Waals surface area contributed by atoms with Gasteiger partial charge in [-0.25, -0.2) is 0 Å². The summed E-state index contributed by atoms with van der Waals surface area (Å²) in [7, 11) is 0. The van der Waals surface area contributed by atoms with Gasteiger partial charge in [-0.15, -0.1) is 0 Å². The minimum Gasteiger partial charge on any atom is -0.457 e. The number of ether oxygens (including phenoxy) is 1. The molecule has 11 nitrogen and oxygen atoms in total.